The van der Waals surface area contributed by atoms with Gasteiger partial charge in [-0.3, -0.25) is 0 Å². The van der Waals surface area contributed by atoms with Gasteiger partial charge in [-0.15, -0.1) is 0 Å². The van der Waals surface area contributed by atoms with Gasteiger partial charge in [0, 0.05) is 10.9 Å². The Bertz CT molecular complexity index is 822. The van der Waals surface area contributed by atoms with E-state index in [0.29, 0.717) is 5.39 Å². The van der Waals surface area contributed by atoms with Crippen molar-refractivity contribution in [2.24, 2.45) is 0 Å². The van der Waals surface area contributed by atoms with E-state index in [2.05, 4.69) is 0 Å². The van der Waals surface area contributed by atoms with Crippen LogP contribution in [0.2, 0.25) is 0 Å². The standard InChI is InChI=1S/C16H11F3O2/c1-16(20,10-5-3-6-11(17)14(10)19)13-8-9-4-2-7-12(18)15(9)21-13/h2-8,20H,1H3. The molecule has 2 aromatic carbocycles. The Morgan fingerprint density at radius 2 is 1.67 bits per heavy atom. The molecule has 0 saturated heterocycles. The number of rotatable bonds is 2. The van der Waals surface area contributed by atoms with E-state index < -0.39 is 23.1 Å². The zero-order valence-corrected chi connectivity index (χ0v) is 11.0. The number of halogens is 3. The van der Waals surface area contributed by atoms with Crippen LogP contribution in [0.1, 0.15) is 18.2 Å². The Morgan fingerprint density at radius 3 is 2.38 bits per heavy atom. The largest absolute Gasteiger partial charge is 0.455 e. The summed E-state index contributed by atoms with van der Waals surface area (Å²) in [4.78, 5) is 0. The van der Waals surface area contributed by atoms with Crippen LogP contribution in [0.15, 0.2) is 46.9 Å². The Kier molecular flexibility index (Phi) is 3.02. The molecule has 0 aliphatic carbocycles. The van der Waals surface area contributed by atoms with Crippen LogP contribution in [0.25, 0.3) is 11.0 Å². The maximum atomic E-state index is 13.9. The molecule has 0 spiro atoms. The number of aliphatic hydroxyl groups is 1. The van der Waals surface area contributed by atoms with Gasteiger partial charge in [-0.25, -0.2) is 13.2 Å². The number of furan rings is 1. The van der Waals surface area contributed by atoms with Crippen molar-refractivity contribution in [3.63, 3.8) is 0 Å². The maximum Gasteiger partial charge on any atom is 0.170 e. The van der Waals surface area contributed by atoms with Gasteiger partial charge in [0.1, 0.15) is 11.4 Å². The summed E-state index contributed by atoms with van der Waals surface area (Å²) in [5, 5.41) is 11.0. The van der Waals surface area contributed by atoms with Gasteiger partial charge in [-0.2, -0.15) is 0 Å². The molecule has 108 valence electrons. The molecule has 21 heavy (non-hydrogen) atoms. The van der Waals surface area contributed by atoms with Gasteiger partial charge in [0.2, 0.25) is 0 Å². The molecule has 0 aliphatic rings. The van der Waals surface area contributed by atoms with Crippen molar-refractivity contribution >= 4 is 11.0 Å². The lowest BCUT2D eigenvalue weighted by atomic mass is 9.92. The summed E-state index contributed by atoms with van der Waals surface area (Å²) in [6.07, 6.45) is 0. The summed E-state index contributed by atoms with van der Waals surface area (Å²) in [5.41, 5.74) is -2.23. The molecular weight excluding hydrogens is 281 g/mol. The lowest BCUT2D eigenvalue weighted by Crippen LogP contribution is -2.24. The SMILES string of the molecule is CC(O)(c1cc2cccc(F)c2o1)c1cccc(F)c1F. The molecule has 1 N–H and O–H groups in total. The Labute approximate surface area is 118 Å². The fourth-order valence-electron chi connectivity index (χ4n) is 2.28. The van der Waals surface area contributed by atoms with Gasteiger partial charge in [-0.1, -0.05) is 24.3 Å². The third kappa shape index (κ3) is 2.10. The maximum absolute atomic E-state index is 13.9. The van der Waals surface area contributed by atoms with Crippen LogP contribution >= 0.6 is 0 Å². The van der Waals surface area contributed by atoms with Gasteiger partial charge in [0.25, 0.3) is 0 Å². The molecule has 0 saturated carbocycles. The third-order valence-corrected chi connectivity index (χ3v) is 3.45. The van der Waals surface area contributed by atoms with Gasteiger partial charge < -0.3 is 9.52 Å². The smallest absolute Gasteiger partial charge is 0.170 e. The number of hydrogen-bond donors (Lipinski definition) is 1. The molecule has 0 fully saturated rings. The number of fused-ring (bicyclic) bond motifs is 1. The van der Waals surface area contributed by atoms with Gasteiger partial charge in [-0.05, 0) is 25.1 Å². The Hall–Kier alpha value is -2.27. The van der Waals surface area contributed by atoms with Crippen molar-refractivity contribution < 1.29 is 22.7 Å². The highest BCUT2D eigenvalue weighted by Gasteiger charge is 2.33. The second kappa shape index (κ2) is 4.63. The lowest BCUT2D eigenvalue weighted by molar-refractivity contribution is 0.0738. The molecule has 3 rings (SSSR count). The second-order valence-electron chi connectivity index (χ2n) is 4.94. The van der Waals surface area contributed by atoms with E-state index in [1.165, 1.54) is 37.3 Å². The third-order valence-electron chi connectivity index (χ3n) is 3.45. The van der Waals surface area contributed by atoms with E-state index >= 15 is 0 Å². The average Bonchev–Trinajstić information content (AvgIpc) is 2.88. The predicted octanol–water partition coefficient (Wildman–Crippen LogP) is 4.11. The summed E-state index contributed by atoms with van der Waals surface area (Å²) < 4.78 is 46.1. The van der Waals surface area contributed by atoms with Crippen molar-refractivity contribution in [2.45, 2.75) is 12.5 Å². The fraction of sp³-hybridized carbons (Fsp3) is 0.125. The first-order valence-corrected chi connectivity index (χ1v) is 6.26. The summed E-state index contributed by atoms with van der Waals surface area (Å²) in [7, 11) is 0. The molecule has 0 radical (unpaired) electrons. The minimum atomic E-state index is -1.92. The van der Waals surface area contributed by atoms with Crippen molar-refractivity contribution in [3.8, 4) is 0 Å². The van der Waals surface area contributed by atoms with E-state index in [9.17, 15) is 18.3 Å². The van der Waals surface area contributed by atoms with Crippen molar-refractivity contribution in [1.29, 1.82) is 0 Å². The molecule has 0 bridgehead atoms. The molecule has 1 heterocycles. The van der Waals surface area contributed by atoms with E-state index in [1.807, 2.05) is 0 Å². The highest BCUT2D eigenvalue weighted by Crippen LogP contribution is 2.35. The quantitative estimate of drug-likeness (QED) is 0.771. The fourth-order valence-corrected chi connectivity index (χ4v) is 2.28. The van der Waals surface area contributed by atoms with Crippen molar-refractivity contribution in [3.05, 3.63) is 71.2 Å². The molecule has 2 nitrogen and oxygen atoms in total. The number of para-hydroxylation sites is 1. The van der Waals surface area contributed by atoms with Gasteiger partial charge in [0.05, 0.1) is 0 Å². The first-order valence-electron chi connectivity index (χ1n) is 6.26. The lowest BCUT2D eigenvalue weighted by Gasteiger charge is -2.21. The Balaban J connectivity index is 2.20. The minimum absolute atomic E-state index is 0.0374. The van der Waals surface area contributed by atoms with Crippen LogP contribution in [0.3, 0.4) is 0 Å². The van der Waals surface area contributed by atoms with Crippen LogP contribution in [-0.4, -0.2) is 5.11 Å². The molecule has 1 atom stereocenters. The van der Waals surface area contributed by atoms with Gasteiger partial charge in [0.15, 0.2) is 23.0 Å². The van der Waals surface area contributed by atoms with Crippen LogP contribution in [0.4, 0.5) is 13.2 Å². The normalized spacial score (nSPS) is 14.3. The zero-order valence-electron chi connectivity index (χ0n) is 11.0. The zero-order chi connectivity index (χ0) is 15.2. The summed E-state index contributed by atoms with van der Waals surface area (Å²) >= 11 is 0. The van der Waals surface area contributed by atoms with Crippen LogP contribution < -0.4 is 0 Å². The number of benzene rings is 2. The van der Waals surface area contributed by atoms with E-state index in [4.69, 9.17) is 4.42 Å². The van der Waals surface area contributed by atoms with E-state index in [0.717, 1.165) is 6.07 Å². The first kappa shape index (κ1) is 13.7. The van der Waals surface area contributed by atoms with Crippen LogP contribution in [0.5, 0.6) is 0 Å². The molecule has 1 aromatic heterocycles. The highest BCUT2D eigenvalue weighted by atomic mass is 19.2. The Morgan fingerprint density at radius 1 is 1.00 bits per heavy atom. The molecule has 0 aliphatic heterocycles. The summed E-state index contributed by atoms with van der Waals surface area (Å²) in [5.74, 6) is -2.89. The van der Waals surface area contributed by atoms with Crippen molar-refractivity contribution in [1.82, 2.24) is 0 Å². The van der Waals surface area contributed by atoms with Gasteiger partial charge >= 0.3 is 0 Å². The first-order chi connectivity index (χ1) is 9.91. The van der Waals surface area contributed by atoms with Crippen LogP contribution in [-0.2, 0) is 5.60 Å². The average molecular weight is 292 g/mol. The van der Waals surface area contributed by atoms with Crippen LogP contribution in [0, 0.1) is 17.5 Å². The molecule has 5 heteroatoms. The topological polar surface area (TPSA) is 33.4 Å². The molecule has 0 amide bonds. The second-order valence-corrected chi connectivity index (χ2v) is 4.94. The highest BCUT2D eigenvalue weighted by molar-refractivity contribution is 5.78. The minimum Gasteiger partial charge on any atom is -0.455 e. The predicted molar refractivity (Wildman–Crippen MR) is 71.2 cm³/mol. The molecule has 1 unspecified atom stereocenters. The van der Waals surface area contributed by atoms with Crippen molar-refractivity contribution in [2.75, 3.05) is 0 Å². The van der Waals surface area contributed by atoms with E-state index in [1.54, 1.807) is 6.07 Å². The molecular formula is C16H11F3O2. The molecule has 3 aromatic rings. The summed E-state index contributed by atoms with van der Waals surface area (Å²) in [6.45, 7) is 1.26. The number of hydrogen-bond acceptors (Lipinski definition) is 2. The summed E-state index contributed by atoms with van der Waals surface area (Å²) in [6, 6.07) is 9.20. The van der Waals surface area contributed by atoms with E-state index in [-0.39, 0.29) is 16.9 Å². The monoisotopic (exact) mass is 292 g/mol.